The smallest absolute Gasteiger partial charge is 0.330 e. The van der Waals surface area contributed by atoms with Gasteiger partial charge >= 0.3 is 7.48 Å². The van der Waals surface area contributed by atoms with Crippen LogP contribution in [0, 0.1) is 0 Å². The fourth-order valence-corrected chi connectivity index (χ4v) is 4.19. The van der Waals surface area contributed by atoms with Crippen molar-refractivity contribution in [2.75, 3.05) is 0 Å². The van der Waals surface area contributed by atoms with E-state index in [0.29, 0.717) is 0 Å². The van der Waals surface area contributed by atoms with Crippen molar-refractivity contribution >= 4 is 37.2 Å². The highest BCUT2D eigenvalue weighted by Crippen LogP contribution is 2.31. The van der Waals surface area contributed by atoms with Gasteiger partial charge in [0, 0.05) is 15.9 Å². The van der Waals surface area contributed by atoms with Crippen molar-refractivity contribution in [2.24, 2.45) is 9.98 Å². The summed E-state index contributed by atoms with van der Waals surface area (Å²) in [7, 11) is 1.83. The first-order valence-corrected chi connectivity index (χ1v) is 13.6. The van der Waals surface area contributed by atoms with Gasteiger partial charge in [-0.15, -0.1) is 0 Å². The van der Waals surface area contributed by atoms with Gasteiger partial charge in [0.25, 0.3) is 0 Å². The lowest BCUT2D eigenvalue weighted by atomic mass is 9.81. The van der Waals surface area contributed by atoms with Crippen LogP contribution >= 0.6 is 12.6 Å². The molecule has 0 saturated heterocycles. The molecule has 1 aliphatic rings. The van der Waals surface area contributed by atoms with E-state index in [2.05, 4.69) is 99.7 Å². The van der Waals surface area contributed by atoms with Crippen LogP contribution in [0.1, 0.15) is 50.6 Å². The van der Waals surface area contributed by atoms with E-state index in [4.69, 9.17) is 27.3 Å². The molecule has 0 atom stereocenters. The standard InChI is InChI=1S/C33H33BN3OS/c1-32(2,33(3,4)39)38-34-28-21-26(23-14-8-5-9-15-23)20-27(22-28)31-36-29(24-16-10-6-11-17-24)35-30(37-31)25-18-12-7-13-19-25/h5-22,31,39H,1-4H3,(H,35,36,37). The monoisotopic (exact) mass is 530 g/mol. The van der Waals surface area contributed by atoms with E-state index in [9.17, 15) is 0 Å². The second-order valence-electron chi connectivity index (χ2n) is 10.7. The van der Waals surface area contributed by atoms with Crippen LogP contribution in [0.4, 0.5) is 0 Å². The Labute approximate surface area is 238 Å². The molecule has 4 nitrogen and oxygen atoms in total. The average Bonchev–Trinajstić information content (AvgIpc) is 2.96. The number of rotatable bonds is 8. The van der Waals surface area contributed by atoms with Gasteiger partial charge in [-0.1, -0.05) is 109 Å². The van der Waals surface area contributed by atoms with Gasteiger partial charge in [0.1, 0.15) is 11.7 Å². The summed E-state index contributed by atoms with van der Waals surface area (Å²) in [6.45, 7) is 8.23. The van der Waals surface area contributed by atoms with Crippen molar-refractivity contribution in [2.45, 2.75) is 44.2 Å². The molecule has 1 heterocycles. The number of nitrogens with zero attached hydrogens (tertiary/aromatic N) is 2. The zero-order valence-corrected chi connectivity index (χ0v) is 23.7. The molecule has 0 amide bonds. The molecule has 0 fully saturated rings. The molecule has 1 N–H and O–H groups in total. The molecule has 0 saturated carbocycles. The van der Waals surface area contributed by atoms with Crippen LogP contribution in [-0.2, 0) is 4.65 Å². The lowest BCUT2D eigenvalue weighted by Gasteiger charge is -2.38. The number of amidine groups is 2. The normalized spacial score (nSPS) is 14.3. The van der Waals surface area contributed by atoms with E-state index >= 15 is 0 Å². The number of hydrogen-bond acceptors (Lipinski definition) is 5. The Morgan fingerprint density at radius 2 is 1.15 bits per heavy atom. The Morgan fingerprint density at radius 3 is 1.64 bits per heavy atom. The number of benzene rings is 4. The summed E-state index contributed by atoms with van der Waals surface area (Å²) in [6, 6.07) is 37.1. The maximum absolute atomic E-state index is 6.31. The predicted molar refractivity (Wildman–Crippen MR) is 167 cm³/mol. The molecule has 1 radical (unpaired) electrons. The Hall–Kier alpha value is -3.61. The SMILES string of the molecule is CC(C)(S)C(C)(C)O[B]c1cc(-c2ccccc2)cc(C2N=C(c3ccccc3)NC(c3ccccc3)=N2)c1. The first-order chi connectivity index (χ1) is 18.7. The highest BCUT2D eigenvalue weighted by Gasteiger charge is 2.34. The first kappa shape index (κ1) is 27.0. The van der Waals surface area contributed by atoms with Crippen molar-refractivity contribution in [3.8, 4) is 11.1 Å². The van der Waals surface area contributed by atoms with E-state index in [1.165, 1.54) is 0 Å². The van der Waals surface area contributed by atoms with E-state index in [1.54, 1.807) is 0 Å². The molecule has 6 heteroatoms. The van der Waals surface area contributed by atoms with E-state index < -0.39 is 11.8 Å². The van der Waals surface area contributed by atoms with Gasteiger partial charge in [0.2, 0.25) is 0 Å². The summed E-state index contributed by atoms with van der Waals surface area (Å²) in [5, 5.41) is 3.47. The fraction of sp³-hybridized carbons (Fsp3) is 0.212. The van der Waals surface area contributed by atoms with Crippen molar-refractivity contribution in [3.05, 3.63) is 126 Å². The van der Waals surface area contributed by atoms with Gasteiger partial charge in [-0.25, -0.2) is 9.98 Å². The molecule has 39 heavy (non-hydrogen) atoms. The van der Waals surface area contributed by atoms with Crippen LogP contribution in [0.2, 0.25) is 0 Å². The molecule has 1 aliphatic heterocycles. The van der Waals surface area contributed by atoms with Gasteiger partial charge in [0.15, 0.2) is 6.17 Å². The molecule has 0 aliphatic carbocycles. The molecule has 0 unspecified atom stereocenters. The van der Waals surface area contributed by atoms with Gasteiger partial charge in [0.05, 0.1) is 5.60 Å². The highest BCUT2D eigenvalue weighted by molar-refractivity contribution is 7.81. The summed E-state index contributed by atoms with van der Waals surface area (Å²) in [5.41, 5.74) is 5.68. The summed E-state index contributed by atoms with van der Waals surface area (Å²) in [5.74, 6) is 1.58. The maximum Gasteiger partial charge on any atom is 0.330 e. The molecular weight excluding hydrogens is 497 g/mol. The van der Waals surface area contributed by atoms with Crippen LogP contribution in [0.5, 0.6) is 0 Å². The van der Waals surface area contributed by atoms with Crippen molar-refractivity contribution in [1.29, 1.82) is 0 Å². The van der Waals surface area contributed by atoms with Gasteiger partial charge in [-0.05, 0) is 50.5 Å². The topological polar surface area (TPSA) is 46.0 Å². The van der Waals surface area contributed by atoms with Crippen molar-refractivity contribution in [3.63, 3.8) is 0 Å². The van der Waals surface area contributed by atoms with Crippen LogP contribution in [-0.4, -0.2) is 29.5 Å². The van der Waals surface area contributed by atoms with E-state index in [1.807, 2.05) is 49.9 Å². The maximum atomic E-state index is 6.31. The lowest BCUT2D eigenvalue weighted by molar-refractivity contribution is 0.0854. The number of hydrogen-bond donors (Lipinski definition) is 2. The van der Waals surface area contributed by atoms with Crippen LogP contribution in [0.25, 0.3) is 11.1 Å². The Kier molecular flexibility index (Phi) is 7.78. The second-order valence-corrected chi connectivity index (χ2v) is 11.9. The summed E-state index contributed by atoms with van der Waals surface area (Å²) < 4.78 is 5.98. The largest absolute Gasteiger partial charge is 0.428 e. The third-order valence-electron chi connectivity index (χ3n) is 7.18. The van der Waals surface area contributed by atoms with Gasteiger partial charge in [-0.2, -0.15) is 12.6 Å². The van der Waals surface area contributed by atoms with Crippen LogP contribution in [0.3, 0.4) is 0 Å². The van der Waals surface area contributed by atoms with Crippen molar-refractivity contribution < 1.29 is 4.65 Å². The predicted octanol–water partition coefficient (Wildman–Crippen LogP) is 6.60. The second kappa shape index (κ2) is 11.2. The Bertz CT molecular complexity index is 1420. The Balaban J connectivity index is 1.59. The summed E-state index contributed by atoms with van der Waals surface area (Å²) in [4.78, 5) is 10.1. The third-order valence-corrected chi connectivity index (χ3v) is 7.72. The Morgan fingerprint density at radius 1 is 0.667 bits per heavy atom. The minimum absolute atomic E-state index is 0.331. The van der Waals surface area contributed by atoms with Gasteiger partial charge in [-0.3, -0.25) is 0 Å². The molecular formula is C33H33BN3OS. The third kappa shape index (κ3) is 6.35. The lowest BCUT2D eigenvalue weighted by Crippen LogP contribution is -2.45. The summed E-state index contributed by atoms with van der Waals surface area (Å²) in [6.07, 6.45) is -0.429. The molecule has 0 bridgehead atoms. The molecule has 4 aromatic carbocycles. The zero-order valence-electron chi connectivity index (χ0n) is 22.8. The zero-order chi connectivity index (χ0) is 27.5. The highest BCUT2D eigenvalue weighted by atomic mass is 32.1. The molecule has 0 spiro atoms. The number of thiol groups is 1. The molecule has 0 aromatic heterocycles. The van der Waals surface area contributed by atoms with E-state index in [0.717, 1.165) is 45.0 Å². The number of nitrogens with one attached hydrogen (secondary N) is 1. The van der Waals surface area contributed by atoms with Crippen molar-refractivity contribution in [1.82, 2.24) is 5.32 Å². The van der Waals surface area contributed by atoms with Gasteiger partial charge < -0.3 is 9.97 Å². The molecule has 5 rings (SSSR count). The average molecular weight is 531 g/mol. The number of aliphatic imine (C=N–C) groups is 2. The quantitative estimate of drug-likeness (QED) is 0.199. The van der Waals surface area contributed by atoms with Crippen LogP contribution < -0.4 is 10.8 Å². The minimum Gasteiger partial charge on any atom is -0.428 e. The van der Waals surface area contributed by atoms with Crippen LogP contribution in [0.15, 0.2) is 119 Å². The molecule has 4 aromatic rings. The summed E-state index contributed by atoms with van der Waals surface area (Å²) >= 11 is 4.76. The molecule has 195 valence electrons. The fourth-order valence-electron chi connectivity index (χ4n) is 4.14. The van der Waals surface area contributed by atoms with E-state index in [-0.39, 0.29) is 4.75 Å². The first-order valence-electron chi connectivity index (χ1n) is 13.2. The minimum atomic E-state index is -0.481.